The molecule has 2 aliphatic heterocycles. The van der Waals surface area contributed by atoms with Crippen LogP contribution in [-0.4, -0.2) is 48.7 Å². The molecule has 0 bridgehead atoms. The third-order valence-electron chi connectivity index (χ3n) is 5.20. The Morgan fingerprint density at radius 3 is 2.67 bits per heavy atom. The fraction of sp³-hybridized carbons (Fsp3) is 0.471. The zero-order chi connectivity index (χ0) is 16.6. The van der Waals surface area contributed by atoms with Gasteiger partial charge in [-0.15, -0.1) is 0 Å². The van der Waals surface area contributed by atoms with Crippen LogP contribution in [0.2, 0.25) is 0 Å². The van der Waals surface area contributed by atoms with Gasteiger partial charge in [-0.3, -0.25) is 0 Å². The first kappa shape index (κ1) is 15.8. The number of piperidine rings is 1. The van der Waals surface area contributed by atoms with E-state index < -0.39 is 10.0 Å². The molecule has 2 aliphatic rings. The second-order valence-electron chi connectivity index (χ2n) is 6.81. The van der Waals surface area contributed by atoms with Crippen LogP contribution in [0.5, 0.6) is 0 Å². The highest BCUT2D eigenvalue weighted by Crippen LogP contribution is 2.37. The zero-order valence-electron chi connectivity index (χ0n) is 13.6. The quantitative estimate of drug-likeness (QED) is 0.917. The minimum absolute atomic E-state index is 0.125. The van der Waals surface area contributed by atoms with Crippen LogP contribution in [0.25, 0.3) is 5.69 Å². The van der Waals surface area contributed by atoms with Gasteiger partial charge in [0, 0.05) is 32.0 Å². The van der Waals surface area contributed by atoms with Gasteiger partial charge in [-0.2, -0.15) is 9.40 Å². The predicted molar refractivity (Wildman–Crippen MR) is 91.5 cm³/mol. The predicted octanol–water partition coefficient (Wildman–Crippen LogP) is 1.64. The molecule has 0 aliphatic carbocycles. The fourth-order valence-corrected chi connectivity index (χ4v) is 5.44. The van der Waals surface area contributed by atoms with E-state index in [1.807, 2.05) is 12.3 Å². The SMILES string of the molecule is O=S(=O)(c1ccc(-n2cccn2)cc1)N1CCC[C@]2(CCNC2)C1. The lowest BCUT2D eigenvalue weighted by atomic mass is 9.80. The number of hydrogen-bond donors (Lipinski definition) is 1. The summed E-state index contributed by atoms with van der Waals surface area (Å²) in [6.07, 6.45) is 6.66. The second-order valence-corrected chi connectivity index (χ2v) is 8.75. The van der Waals surface area contributed by atoms with E-state index in [0.717, 1.165) is 38.0 Å². The number of nitrogens with one attached hydrogen (secondary N) is 1. The summed E-state index contributed by atoms with van der Waals surface area (Å²) in [7, 11) is -3.44. The number of hydrogen-bond acceptors (Lipinski definition) is 4. The molecule has 0 unspecified atom stereocenters. The molecule has 6 nitrogen and oxygen atoms in total. The molecule has 1 aromatic carbocycles. The van der Waals surface area contributed by atoms with Crippen LogP contribution in [0.15, 0.2) is 47.6 Å². The van der Waals surface area contributed by atoms with E-state index in [9.17, 15) is 8.42 Å². The first-order chi connectivity index (χ1) is 11.6. The molecule has 4 rings (SSSR count). The molecule has 1 N–H and O–H groups in total. The van der Waals surface area contributed by atoms with Gasteiger partial charge in [-0.1, -0.05) is 0 Å². The fourth-order valence-electron chi connectivity index (χ4n) is 3.85. The summed E-state index contributed by atoms with van der Waals surface area (Å²) in [6.45, 7) is 3.16. The normalized spacial score (nSPS) is 25.3. The van der Waals surface area contributed by atoms with Gasteiger partial charge in [0.05, 0.1) is 10.6 Å². The summed E-state index contributed by atoms with van der Waals surface area (Å²) in [4.78, 5) is 0.362. The van der Waals surface area contributed by atoms with Crippen molar-refractivity contribution in [1.82, 2.24) is 19.4 Å². The molecular weight excluding hydrogens is 324 g/mol. The summed E-state index contributed by atoms with van der Waals surface area (Å²) in [5, 5.41) is 7.55. The lowest BCUT2D eigenvalue weighted by molar-refractivity contribution is 0.166. The average molecular weight is 346 g/mol. The topological polar surface area (TPSA) is 67.2 Å². The van der Waals surface area contributed by atoms with Crippen molar-refractivity contribution >= 4 is 10.0 Å². The zero-order valence-corrected chi connectivity index (χ0v) is 14.4. The molecule has 7 heteroatoms. The second kappa shape index (κ2) is 5.98. The number of rotatable bonds is 3. The highest BCUT2D eigenvalue weighted by Gasteiger charge is 2.41. The van der Waals surface area contributed by atoms with Crippen molar-refractivity contribution in [3.05, 3.63) is 42.7 Å². The van der Waals surface area contributed by atoms with Gasteiger partial charge in [-0.05, 0) is 61.6 Å². The molecule has 2 aromatic rings. The first-order valence-corrected chi connectivity index (χ1v) is 9.84. The number of aromatic nitrogens is 2. The maximum Gasteiger partial charge on any atom is 0.243 e. The standard InChI is InChI=1S/C17H22N4O2S/c22-24(23,20-11-1-7-17(14-20)8-10-18-13-17)16-5-3-15(4-6-16)21-12-2-9-19-21/h2-6,9,12,18H,1,7-8,10-11,13-14H2/t17-/m1/s1. The molecule has 1 aromatic heterocycles. The van der Waals surface area contributed by atoms with Crippen LogP contribution >= 0.6 is 0 Å². The lowest BCUT2D eigenvalue weighted by Gasteiger charge is -2.39. The van der Waals surface area contributed by atoms with E-state index in [1.54, 1.807) is 39.4 Å². The molecule has 0 radical (unpaired) electrons. The van der Waals surface area contributed by atoms with E-state index in [0.29, 0.717) is 18.0 Å². The van der Waals surface area contributed by atoms with Crippen LogP contribution in [0, 0.1) is 5.41 Å². The van der Waals surface area contributed by atoms with E-state index >= 15 is 0 Å². The van der Waals surface area contributed by atoms with Gasteiger partial charge >= 0.3 is 0 Å². The minimum Gasteiger partial charge on any atom is -0.316 e. The first-order valence-electron chi connectivity index (χ1n) is 8.40. The summed E-state index contributed by atoms with van der Waals surface area (Å²) in [5.74, 6) is 0. The Morgan fingerprint density at radius 1 is 1.17 bits per heavy atom. The maximum atomic E-state index is 13.0. The molecule has 1 atom stereocenters. The van der Waals surface area contributed by atoms with Gasteiger partial charge < -0.3 is 5.32 Å². The maximum absolute atomic E-state index is 13.0. The Labute approximate surface area is 142 Å². The van der Waals surface area contributed by atoms with Crippen LogP contribution in [-0.2, 0) is 10.0 Å². The van der Waals surface area contributed by atoms with Crippen molar-refractivity contribution in [2.75, 3.05) is 26.2 Å². The van der Waals surface area contributed by atoms with Gasteiger partial charge in [0.1, 0.15) is 0 Å². The van der Waals surface area contributed by atoms with Gasteiger partial charge in [0.2, 0.25) is 10.0 Å². The summed E-state index contributed by atoms with van der Waals surface area (Å²) in [5.41, 5.74) is 0.981. The van der Waals surface area contributed by atoms with Crippen LogP contribution < -0.4 is 5.32 Å². The number of benzene rings is 1. The highest BCUT2D eigenvalue weighted by molar-refractivity contribution is 7.89. The summed E-state index contributed by atoms with van der Waals surface area (Å²) >= 11 is 0. The number of nitrogens with zero attached hydrogens (tertiary/aromatic N) is 3. The van der Waals surface area contributed by atoms with Crippen molar-refractivity contribution in [2.24, 2.45) is 5.41 Å². The van der Waals surface area contributed by atoms with E-state index in [4.69, 9.17) is 0 Å². The van der Waals surface area contributed by atoms with E-state index in [-0.39, 0.29) is 5.41 Å². The lowest BCUT2D eigenvalue weighted by Crippen LogP contribution is -2.47. The molecule has 2 fully saturated rings. The third kappa shape index (κ3) is 2.76. The van der Waals surface area contributed by atoms with Crippen LogP contribution in [0.1, 0.15) is 19.3 Å². The molecule has 24 heavy (non-hydrogen) atoms. The summed E-state index contributed by atoms with van der Waals surface area (Å²) in [6, 6.07) is 8.81. The van der Waals surface area contributed by atoms with Crippen LogP contribution in [0.4, 0.5) is 0 Å². The van der Waals surface area contributed by atoms with Gasteiger partial charge in [0.15, 0.2) is 0 Å². The Bertz CT molecular complexity index is 794. The Kier molecular flexibility index (Phi) is 3.94. The average Bonchev–Trinajstić information content (AvgIpc) is 3.28. The molecule has 2 saturated heterocycles. The van der Waals surface area contributed by atoms with Gasteiger partial charge in [-0.25, -0.2) is 13.1 Å². The van der Waals surface area contributed by atoms with Crippen molar-refractivity contribution in [1.29, 1.82) is 0 Å². The van der Waals surface area contributed by atoms with E-state index in [2.05, 4.69) is 10.4 Å². The monoisotopic (exact) mass is 346 g/mol. The molecule has 1 spiro atoms. The Hall–Kier alpha value is -1.70. The van der Waals surface area contributed by atoms with Crippen molar-refractivity contribution < 1.29 is 8.42 Å². The summed E-state index contributed by atoms with van der Waals surface area (Å²) < 4.78 is 29.4. The van der Waals surface area contributed by atoms with Gasteiger partial charge in [0.25, 0.3) is 0 Å². The Morgan fingerprint density at radius 2 is 2.00 bits per heavy atom. The van der Waals surface area contributed by atoms with E-state index in [1.165, 1.54) is 0 Å². The minimum atomic E-state index is -3.44. The highest BCUT2D eigenvalue weighted by atomic mass is 32.2. The Balaban J connectivity index is 1.58. The molecule has 0 saturated carbocycles. The number of sulfonamides is 1. The molecule has 128 valence electrons. The molecular formula is C17H22N4O2S. The van der Waals surface area contributed by atoms with Crippen molar-refractivity contribution in [3.63, 3.8) is 0 Å². The third-order valence-corrected chi connectivity index (χ3v) is 7.06. The molecule has 0 amide bonds. The molecule has 3 heterocycles. The smallest absolute Gasteiger partial charge is 0.243 e. The van der Waals surface area contributed by atoms with Crippen molar-refractivity contribution in [2.45, 2.75) is 24.2 Å². The van der Waals surface area contributed by atoms with Crippen LogP contribution in [0.3, 0.4) is 0 Å². The van der Waals surface area contributed by atoms with Crippen molar-refractivity contribution in [3.8, 4) is 5.69 Å². The largest absolute Gasteiger partial charge is 0.316 e.